The molecular weight excluding hydrogens is 362 g/mol. The molecule has 0 aliphatic heterocycles. The van der Waals surface area contributed by atoms with Gasteiger partial charge < -0.3 is 20.1 Å². The van der Waals surface area contributed by atoms with Crippen LogP contribution < -0.4 is 15.4 Å². The van der Waals surface area contributed by atoms with Gasteiger partial charge in [0.15, 0.2) is 0 Å². The molecule has 0 fully saturated rings. The Balaban J connectivity index is 1.83. The zero-order valence-electron chi connectivity index (χ0n) is 12.7. The third kappa shape index (κ3) is 6.25. The van der Waals surface area contributed by atoms with Crippen molar-refractivity contribution < 1.29 is 14.3 Å². The second-order valence-corrected chi connectivity index (χ2v) is 5.59. The first kappa shape index (κ1) is 17.2. The SMILES string of the molecule is COCCCNC(=O)Nc1ccc(Oc2cccc(Br)c2)nc1. The molecule has 0 saturated carbocycles. The van der Waals surface area contributed by atoms with Crippen molar-refractivity contribution in [2.45, 2.75) is 6.42 Å². The number of anilines is 1. The van der Waals surface area contributed by atoms with E-state index in [1.807, 2.05) is 24.3 Å². The monoisotopic (exact) mass is 379 g/mol. The van der Waals surface area contributed by atoms with Gasteiger partial charge in [-0.1, -0.05) is 22.0 Å². The number of amides is 2. The minimum absolute atomic E-state index is 0.274. The summed E-state index contributed by atoms with van der Waals surface area (Å²) in [5.74, 6) is 1.14. The van der Waals surface area contributed by atoms with Crippen molar-refractivity contribution in [1.29, 1.82) is 0 Å². The normalized spacial score (nSPS) is 10.2. The average Bonchev–Trinajstić information content (AvgIpc) is 2.54. The summed E-state index contributed by atoms with van der Waals surface area (Å²) in [4.78, 5) is 15.8. The molecule has 0 aliphatic carbocycles. The number of carbonyl (C=O) groups is 1. The number of nitrogens with one attached hydrogen (secondary N) is 2. The molecule has 0 saturated heterocycles. The average molecular weight is 380 g/mol. The van der Waals surface area contributed by atoms with Crippen LogP contribution in [0.4, 0.5) is 10.5 Å². The number of benzene rings is 1. The number of aromatic nitrogens is 1. The lowest BCUT2D eigenvalue weighted by Crippen LogP contribution is -2.30. The quantitative estimate of drug-likeness (QED) is 0.717. The first-order valence-corrected chi connectivity index (χ1v) is 7.90. The predicted molar refractivity (Wildman–Crippen MR) is 92.0 cm³/mol. The van der Waals surface area contributed by atoms with Crippen molar-refractivity contribution in [1.82, 2.24) is 10.3 Å². The Bertz CT molecular complexity index is 635. The predicted octanol–water partition coefficient (Wildman–Crippen LogP) is 3.79. The molecule has 23 heavy (non-hydrogen) atoms. The molecule has 0 radical (unpaired) electrons. The molecule has 0 aliphatic rings. The van der Waals surface area contributed by atoms with Gasteiger partial charge in [-0.25, -0.2) is 9.78 Å². The number of hydrogen-bond acceptors (Lipinski definition) is 4. The third-order valence-corrected chi connectivity index (χ3v) is 3.32. The van der Waals surface area contributed by atoms with Gasteiger partial charge in [0.1, 0.15) is 5.75 Å². The second-order valence-electron chi connectivity index (χ2n) is 4.67. The Hall–Kier alpha value is -2.12. The van der Waals surface area contributed by atoms with Crippen molar-refractivity contribution in [3.63, 3.8) is 0 Å². The summed E-state index contributed by atoms with van der Waals surface area (Å²) in [5.41, 5.74) is 0.593. The number of halogens is 1. The van der Waals surface area contributed by atoms with Gasteiger partial charge in [-0.15, -0.1) is 0 Å². The standard InChI is InChI=1S/C16H18BrN3O3/c1-22-9-3-8-18-16(21)20-13-6-7-15(19-11-13)23-14-5-2-4-12(17)10-14/h2,4-7,10-11H,3,8-9H2,1H3,(H2,18,20,21). The maximum absolute atomic E-state index is 11.7. The third-order valence-electron chi connectivity index (χ3n) is 2.82. The van der Waals surface area contributed by atoms with Crippen LogP contribution in [-0.4, -0.2) is 31.3 Å². The first-order valence-electron chi connectivity index (χ1n) is 7.10. The molecule has 2 N–H and O–H groups in total. The maximum Gasteiger partial charge on any atom is 0.319 e. The van der Waals surface area contributed by atoms with Crippen LogP contribution in [0, 0.1) is 0 Å². The van der Waals surface area contributed by atoms with Gasteiger partial charge >= 0.3 is 6.03 Å². The molecule has 0 bridgehead atoms. The fourth-order valence-electron chi connectivity index (χ4n) is 1.76. The summed E-state index contributed by atoms with van der Waals surface area (Å²) in [6, 6.07) is 10.6. The van der Waals surface area contributed by atoms with E-state index < -0.39 is 0 Å². The number of carbonyl (C=O) groups excluding carboxylic acids is 1. The maximum atomic E-state index is 11.7. The van der Waals surface area contributed by atoms with Crippen LogP contribution in [0.2, 0.25) is 0 Å². The number of urea groups is 1. The Morgan fingerprint density at radius 3 is 2.87 bits per heavy atom. The Morgan fingerprint density at radius 2 is 2.17 bits per heavy atom. The largest absolute Gasteiger partial charge is 0.439 e. The van der Waals surface area contributed by atoms with Crippen LogP contribution in [0.1, 0.15) is 6.42 Å². The fraction of sp³-hybridized carbons (Fsp3) is 0.250. The summed E-state index contributed by atoms with van der Waals surface area (Å²) in [5, 5.41) is 5.43. The van der Waals surface area contributed by atoms with E-state index in [1.165, 1.54) is 0 Å². The van der Waals surface area contributed by atoms with Crippen molar-refractivity contribution >= 4 is 27.6 Å². The molecular formula is C16H18BrN3O3. The van der Waals surface area contributed by atoms with Crippen molar-refractivity contribution in [3.8, 4) is 11.6 Å². The summed E-state index contributed by atoms with van der Waals surface area (Å²) in [6.45, 7) is 1.17. The number of ether oxygens (including phenoxy) is 2. The highest BCUT2D eigenvalue weighted by atomic mass is 79.9. The number of methoxy groups -OCH3 is 1. The van der Waals surface area contributed by atoms with Gasteiger partial charge in [-0.3, -0.25) is 0 Å². The highest BCUT2D eigenvalue weighted by Crippen LogP contribution is 2.23. The lowest BCUT2D eigenvalue weighted by Gasteiger charge is -2.08. The number of pyridine rings is 1. The van der Waals surface area contributed by atoms with Crippen molar-refractivity contribution in [2.24, 2.45) is 0 Å². The smallest absolute Gasteiger partial charge is 0.319 e. The zero-order valence-corrected chi connectivity index (χ0v) is 14.3. The number of nitrogens with zero attached hydrogens (tertiary/aromatic N) is 1. The second kappa shape index (κ2) is 9.12. The van der Waals surface area contributed by atoms with Crippen LogP contribution >= 0.6 is 15.9 Å². The van der Waals surface area contributed by atoms with Gasteiger partial charge in [-0.2, -0.15) is 0 Å². The highest BCUT2D eigenvalue weighted by Gasteiger charge is 2.03. The van der Waals surface area contributed by atoms with E-state index in [4.69, 9.17) is 9.47 Å². The summed E-state index contributed by atoms with van der Waals surface area (Å²) in [7, 11) is 1.63. The number of rotatable bonds is 7. The molecule has 0 atom stereocenters. The van der Waals surface area contributed by atoms with Gasteiger partial charge in [0.2, 0.25) is 5.88 Å². The topological polar surface area (TPSA) is 72.5 Å². The van der Waals surface area contributed by atoms with Crippen molar-refractivity contribution in [3.05, 3.63) is 47.1 Å². The summed E-state index contributed by atoms with van der Waals surface area (Å²) < 4.78 is 11.5. The zero-order chi connectivity index (χ0) is 16.5. The molecule has 2 aromatic rings. The lowest BCUT2D eigenvalue weighted by molar-refractivity contribution is 0.194. The first-order chi connectivity index (χ1) is 11.2. The van der Waals surface area contributed by atoms with E-state index in [1.54, 1.807) is 25.4 Å². The van der Waals surface area contributed by atoms with E-state index in [9.17, 15) is 4.79 Å². The summed E-state index contributed by atoms with van der Waals surface area (Å²) >= 11 is 3.38. The van der Waals surface area contributed by atoms with E-state index in [2.05, 4.69) is 31.5 Å². The van der Waals surface area contributed by atoms with E-state index in [0.29, 0.717) is 30.5 Å². The van der Waals surface area contributed by atoms with E-state index >= 15 is 0 Å². The van der Waals surface area contributed by atoms with Gasteiger partial charge in [0, 0.05) is 30.8 Å². The minimum atomic E-state index is -0.274. The molecule has 0 unspecified atom stereocenters. The van der Waals surface area contributed by atoms with Crippen LogP contribution in [0.25, 0.3) is 0 Å². The molecule has 1 aromatic heterocycles. The molecule has 0 spiro atoms. The van der Waals surface area contributed by atoms with Crippen LogP contribution in [-0.2, 0) is 4.74 Å². The molecule has 2 amide bonds. The molecule has 2 rings (SSSR count). The minimum Gasteiger partial charge on any atom is -0.439 e. The van der Waals surface area contributed by atoms with Gasteiger partial charge in [-0.05, 0) is 30.7 Å². The van der Waals surface area contributed by atoms with E-state index in [-0.39, 0.29) is 6.03 Å². The Labute approximate surface area is 143 Å². The van der Waals surface area contributed by atoms with Gasteiger partial charge in [0.25, 0.3) is 0 Å². The molecule has 7 heteroatoms. The summed E-state index contributed by atoms with van der Waals surface area (Å²) in [6.07, 6.45) is 2.31. The van der Waals surface area contributed by atoms with Crippen LogP contribution in [0.5, 0.6) is 11.6 Å². The van der Waals surface area contributed by atoms with Crippen LogP contribution in [0.3, 0.4) is 0 Å². The molecule has 1 heterocycles. The lowest BCUT2D eigenvalue weighted by atomic mass is 10.3. The Morgan fingerprint density at radius 1 is 1.30 bits per heavy atom. The fourth-order valence-corrected chi connectivity index (χ4v) is 2.14. The molecule has 122 valence electrons. The molecule has 1 aromatic carbocycles. The number of hydrogen-bond donors (Lipinski definition) is 2. The Kier molecular flexibility index (Phi) is 6.83. The van der Waals surface area contributed by atoms with E-state index in [0.717, 1.165) is 10.9 Å². The van der Waals surface area contributed by atoms with Crippen molar-refractivity contribution in [2.75, 3.05) is 25.6 Å². The van der Waals surface area contributed by atoms with Gasteiger partial charge in [0.05, 0.1) is 11.9 Å². The molecule has 6 nitrogen and oxygen atoms in total. The van der Waals surface area contributed by atoms with Crippen LogP contribution in [0.15, 0.2) is 47.1 Å². The highest BCUT2D eigenvalue weighted by molar-refractivity contribution is 9.10.